The molecule has 0 aliphatic carbocycles. The summed E-state index contributed by atoms with van der Waals surface area (Å²) in [6.45, 7) is 7.51. The number of amidine groups is 1. The molecule has 2 N–H and O–H groups in total. The first-order chi connectivity index (χ1) is 12.3. The fraction of sp³-hybridized carbons (Fsp3) is 0.389. The third-order valence-electron chi connectivity index (χ3n) is 3.36. The Bertz CT molecular complexity index is 758. The maximum absolute atomic E-state index is 12.0. The molecule has 1 aliphatic heterocycles. The molecule has 1 aromatic rings. The minimum Gasteiger partial charge on any atom is -0.490 e. The second kappa shape index (κ2) is 8.27. The van der Waals surface area contributed by atoms with E-state index in [1.165, 1.54) is 0 Å². The molecule has 8 heteroatoms. The molecule has 0 radical (unpaired) electrons. The number of hydrogen-bond acceptors (Lipinski definition) is 7. The Hall–Kier alpha value is -2.48. The third kappa shape index (κ3) is 4.78. The third-order valence-corrected chi connectivity index (χ3v) is 4.19. The molecule has 0 atom stereocenters. The van der Waals surface area contributed by atoms with Gasteiger partial charge < -0.3 is 19.5 Å². The highest BCUT2D eigenvalue weighted by Crippen LogP contribution is 2.34. The first-order valence-electron chi connectivity index (χ1n) is 8.19. The summed E-state index contributed by atoms with van der Waals surface area (Å²) in [4.78, 5) is 24.2. The van der Waals surface area contributed by atoms with Gasteiger partial charge >= 0.3 is 5.97 Å². The Morgan fingerprint density at radius 1 is 1.27 bits per heavy atom. The summed E-state index contributed by atoms with van der Waals surface area (Å²) in [6.07, 6.45) is 1.67. The molecular formula is C18H22N2O5S. The van der Waals surface area contributed by atoms with E-state index in [-0.39, 0.29) is 17.7 Å². The van der Waals surface area contributed by atoms with Crippen molar-refractivity contribution in [3.63, 3.8) is 0 Å². The monoisotopic (exact) mass is 378 g/mol. The molecule has 0 aromatic heterocycles. The Kier molecular flexibility index (Phi) is 6.31. The molecule has 7 nitrogen and oxygen atoms in total. The van der Waals surface area contributed by atoms with Crippen LogP contribution in [-0.2, 0) is 14.3 Å². The predicted octanol–water partition coefficient (Wildman–Crippen LogP) is 2.94. The summed E-state index contributed by atoms with van der Waals surface area (Å²) in [5, 5.41) is 10.0. The van der Waals surface area contributed by atoms with E-state index in [1.54, 1.807) is 45.0 Å². The van der Waals surface area contributed by atoms with Crippen LogP contribution < -0.4 is 14.8 Å². The van der Waals surface area contributed by atoms with Gasteiger partial charge in [-0.25, -0.2) is 4.79 Å². The number of hydrogen-bond donors (Lipinski definition) is 2. The number of carbonyl (C=O) groups excluding carboxylic acids is 2. The van der Waals surface area contributed by atoms with Gasteiger partial charge in [0.1, 0.15) is 0 Å². The van der Waals surface area contributed by atoms with Crippen LogP contribution in [0.4, 0.5) is 0 Å². The van der Waals surface area contributed by atoms with E-state index in [9.17, 15) is 9.59 Å². The van der Waals surface area contributed by atoms with Crippen LogP contribution in [0.5, 0.6) is 11.5 Å². The Labute approximate surface area is 156 Å². The zero-order chi connectivity index (χ0) is 19.3. The lowest BCUT2D eigenvalue weighted by Gasteiger charge is -2.25. The smallest absolute Gasteiger partial charge is 0.349 e. The topological polar surface area (TPSA) is 97.7 Å². The minimum absolute atomic E-state index is 0.0995. The zero-order valence-electron chi connectivity index (χ0n) is 15.2. The molecule has 0 bridgehead atoms. The largest absolute Gasteiger partial charge is 0.490 e. The number of amides is 1. The van der Waals surface area contributed by atoms with Gasteiger partial charge in [-0.15, -0.1) is 0 Å². The van der Waals surface area contributed by atoms with E-state index in [1.807, 2.05) is 6.92 Å². The molecule has 26 heavy (non-hydrogen) atoms. The Morgan fingerprint density at radius 3 is 2.58 bits per heavy atom. The number of esters is 1. The van der Waals surface area contributed by atoms with Gasteiger partial charge in [-0.2, -0.15) is 0 Å². The average Bonchev–Trinajstić information content (AvgIpc) is 2.87. The number of rotatable bonds is 7. The van der Waals surface area contributed by atoms with E-state index in [4.69, 9.17) is 19.6 Å². The zero-order valence-corrected chi connectivity index (χ0v) is 16.0. The summed E-state index contributed by atoms with van der Waals surface area (Å²) in [5.74, 6) is 0.0916. The first-order valence-corrected chi connectivity index (χ1v) is 9.01. The van der Waals surface area contributed by atoms with Gasteiger partial charge in [0.2, 0.25) is 0 Å². The first kappa shape index (κ1) is 19.8. The minimum atomic E-state index is -1.17. The molecule has 0 saturated carbocycles. The number of benzene rings is 1. The Balaban J connectivity index is 2.29. The maximum atomic E-state index is 12.0. The molecule has 1 amide bonds. The van der Waals surface area contributed by atoms with Gasteiger partial charge in [-0.1, -0.05) is 6.07 Å². The van der Waals surface area contributed by atoms with Crippen molar-refractivity contribution >= 4 is 34.9 Å². The highest BCUT2D eigenvalue weighted by atomic mass is 32.2. The summed E-state index contributed by atoms with van der Waals surface area (Å²) in [6, 6.07) is 5.16. The fourth-order valence-corrected chi connectivity index (χ4v) is 2.88. The molecule has 1 aromatic carbocycles. The number of nitrogens with one attached hydrogen (secondary N) is 2. The van der Waals surface area contributed by atoms with Gasteiger partial charge in [-0.05, 0) is 63.2 Å². The van der Waals surface area contributed by atoms with Crippen LogP contribution in [0.15, 0.2) is 23.1 Å². The quantitative estimate of drug-likeness (QED) is 0.559. The SMILES string of the molecule is CCOC(=O)C(C)(C)Oc1ccc(/C=C2\SC(=N)NC2=O)cc1OCC. The van der Waals surface area contributed by atoms with Gasteiger partial charge in [0, 0.05) is 0 Å². The van der Waals surface area contributed by atoms with Gasteiger partial charge in [0.25, 0.3) is 5.91 Å². The fourth-order valence-electron chi connectivity index (χ4n) is 2.18. The number of thioether (sulfide) groups is 1. The summed E-state index contributed by atoms with van der Waals surface area (Å²) >= 11 is 1.06. The van der Waals surface area contributed by atoms with Crippen molar-refractivity contribution in [2.75, 3.05) is 13.2 Å². The van der Waals surface area contributed by atoms with Crippen LogP contribution in [0.1, 0.15) is 33.3 Å². The van der Waals surface area contributed by atoms with Crippen LogP contribution in [0.3, 0.4) is 0 Å². The summed E-state index contributed by atoms with van der Waals surface area (Å²) in [7, 11) is 0. The molecule has 140 valence electrons. The van der Waals surface area contributed by atoms with Crippen LogP contribution in [-0.4, -0.2) is 35.9 Å². The Morgan fingerprint density at radius 2 is 2.00 bits per heavy atom. The van der Waals surface area contributed by atoms with Crippen LogP contribution in [0.25, 0.3) is 6.08 Å². The molecule has 0 unspecified atom stereocenters. The highest BCUT2D eigenvalue weighted by molar-refractivity contribution is 8.18. The normalized spacial score (nSPS) is 15.8. The second-order valence-electron chi connectivity index (χ2n) is 5.87. The van der Waals surface area contributed by atoms with Crippen molar-refractivity contribution in [3.05, 3.63) is 28.7 Å². The van der Waals surface area contributed by atoms with E-state index >= 15 is 0 Å². The molecule has 1 fully saturated rings. The van der Waals surface area contributed by atoms with E-state index in [0.29, 0.717) is 23.0 Å². The van der Waals surface area contributed by atoms with Crippen molar-refractivity contribution in [2.45, 2.75) is 33.3 Å². The van der Waals surface area contributed by atoms with Crippen molar-refractivity contribution in [1.29, 1.82) is 5.41 Å². The van der Waals surface area contributed by atoms with Crippen molar-refractivity contribution < 1.29 is 23.8 Å². The molecule has 1 heterocycles. The van der Waals surface area contributed by atoms with Crippen molar-refractivity contribution in [2.24, 2.45) is 0 Å². The van der Waals surface area contributed by atoms with Crippen molar-refractivity contribution in [3.8, 4) is 11.5 Å². The van der Waals surface area contributed by atoms with Gasteiger partial charge in [0.15, 0.2) is 22.3 Å². The molecule has 1 aliphatic rings. The molecule has 1 saturated heterocycles. The lowest BCUT2D eigenvalue weighted by Crippen LogP contribution is -2.39. The molecule has 0 spiro atoms. The maximum Gasteiger partial charge on any atom is 0.349 e. The predicted molar refractivity (Wildman–Crippen MR) is 100 cm³/mol. The number of carbonyl (C=O) groups is 2. The molecular weight excluding hydrogens is 356 g/mol. The van der Waals surface area contributed by atoms with Crippen LogP contribution >= 0.6 is 11.8 Å². The number of ether oxygens (including phenoxy) is 3. The average molecular weight is 378 g/mol. The van der Waals surface area contributed by atoms with E-state index < -0.39 is 11.6 Å². The van der Waals surface area contributed by atoms with Crippen molar-refractivity contribution in [1.82, 2.24) is 5.32 Å². The van der Waals surface area contributed by atoms with E-state index in [0.717, 1.165) is 17.3 Å². The second-order valence-corrected chi connectivity index (χ2v) is 6.92. The summed E-state index contributed by atoms with van der Waals surface area (Å²) in [5.41, 5.74) is -0.444. The van der Waals surface area contributed by atoms with Gasteiger partial charge in [0.05, 0.1) is 18.1 Å². The highest BCUT2D eigenvalue weighted by Gasteiger charge is 2.32. The van der Waals surface area contributed by atoms with Crippen LogP contribution in [0.2, 0.25) is 0 Å². The lowest BCUT2D eigenvalue weighted by atomic mass is 10.1. The van der Waals surface area contributed by atoms with Crippen LogP contribution in [0, 0.1) is 5.41 Å². The standard InChI is InChI=1S/C18H22N2O5S/c1-5-23-13-9-11(10-14-15(21)20-17(19)26-14)7-8-12(13)25-18(3,4)16(22)24-6-2/h7-10H,5-6H2,1-4H3,(H2,19,20,21)/b14-10-. The lowest BCUT2D eigenvalue weighted by molar-refractivity contribution is -0.158. The molecule has 2 rings (SSSR count). The van der Waals surface area contributed by atoms with E-state index in [2.05, 4.69) is 5.32 Å². The summed E-state index contributed by atoms with van der Waals surface area (Å²) < 4.78 is 16.5. The van der Waals surface area contributed by atoms with Gasteiger partial charge in [-0.3, -0.25) is 10.2 Å².